The number of aliphatic carboxylic acids is 1. The van der Waals surface area contributed by atoms with E-state index in [1.807, 2.05) is 0 Å². The molecule has 0 saturated carbocycles. The van der Waals surface area contributed by atoms with Crippen molar-refractivity contribution in [2.45, 2.75) is 18.9 Å². The number of rotatable bonds is 4. The second-order valence-corrected chi connectivity index (χ2v) is 4.52. The van der Waals surface area contributed by atoms with Gasteiger partial charge >= 0.3 is 5.97 Å². The van der Waals surface area contributed by atoms with Crippen LogP contribution in [0.3, 0.4) is 0 Å². The van der Waals surface area contributed by atoms with Crippen molar-refractivity contribution in [2.24, 2.45) is 0 Å². The maximum absolute atomic E-state index is 12.7. The molecule has 102 valence electrons. The van der Waals surface area contributed by atoms with Crippen molar-refractivity contribution in [3.63, 3.8) is 0 Å². The molecule has 1 fully saturated rings. The van der Waals surface area contributed by atoms with Crippen LogP contribution in [-0.2, 0) is 9.59 Å². The zero-order valence-electron chi connectivity index (χ0n) is 10.3. The second-order valence-electron chi connectivity index (χ2n) is 4.52. The van der Waals surface area contributed by atoms with Gasteiger partial charge in [0.2, 0.25) is 5.91 Å². The molecule has 1 aromatic carbocycles. The van der Waals surface area contributed by atoms with E-state index in [0.29, 0.717) is 18.7 Å². The molecule has 1 aliphatic heterocycles. The number of carboxylic acids is 1. The van der Waals surface area contributed by atoms with Gasteiger partial charge < -0.3 is 10.4 Å². The number of nitrogens with one attached hydrogen (secondary N) is 1. The summed E-state index contributed by atoms with van der Waals surface area (Å²) >= 11 is 0. The fourth-order valence-electron chi connectivity index (χ4n) is 2.21. The van der Waals surface area contributed by atoms with Crippen molar-refractivity contribution >= 4 is 17.6 Å². The van der Waals surface area contributed by atoms with Crippen LogP contribution in [0.25, 0.3) is 0 Å². The predicted octanol–water partition coefficient (Wildman–Crippen LogP) is 1.31. The van der Waals surface area contributed by atoms with E-state index in [9.17, 15) is 14.0 Å². The van der Waals surface area contributed by atoms with Gasteiger partial charge in [0.05, 0.1) is 6.54 Å². The molecule has 0 bridgehead atoms. The summed E-state index contributed by atoms with van der Waals surface area (Å²) in [4.78, 5) is 24.4. The molecule has 1 atom stereocenters. The number of hydrogen-bond donors (Lipinski definition) is 2. The van der Waals surface area contributed by atoms with Crippen LogP contribution < -0.4 is 5.32 Å². The Bertz CT molecular complexity index is 475. The maximum Gasteiger partial charge on any atom is 0.320 e. The van der Waals surface area contributed by atoms with Crippen LogP contribution in [0.1, 0.15) is 12.8 Å². The van der Waals surface area contributed by atoms with E-state index in [4.69, 9.17) is 5.11 Å². The number of benzene rings is 1. The highest BCUT2D eigenvalue weighted by molar-refractivity contribution is 5.92. The molecule has 5 nitrogen and oxygen atoms in total. The Morgan fingerprint density at radius 1 is 1.37 bits per heavy atom. The van der Waals surface area contributed by atoms with E-state index < -0.39 is 12.0 Å². The molecule has 1 heterocycles. The molecule has 19 heavy (non-hydrogen) atoms. The average molecular weight is 266 g/mol. The summed E-state index contributed by atoms with van der Waals surface area (Å²) in [5.41, 5.74) is 0.498. The van der Waals surface area contributed by atoms with E-state index >= 15 is 0 Å². The van der Waals surface area contributed by atoms with E-state index in [1.165, 1.54) is 24.3 Å². The largest absolute Gasteiger partial charge is 0.480 e. The molecule has 0 radical (unpaired) electrons. The molecule has 1 saturated heterocycles. The van der Waals surface area contributed by atoms with Gasteiger partial charge in [-0.1, -0.05) is 0 Å². The van der Waals surface area contributed by atoms with Gasteiger partial charge in [-0.25, -0.2) is 4.39 Å². The van der Waals surface area contributed by atoms with Gasteiger partial charge in [0.25, 0.3) is 0 Å². The Morgan fingerprint density at radius 2 is 2.05 bits per heavy atom. The normalized spacial score (nSPS) is 19.3. The Kier molecular flexibility index (Phi) is 4.11. The Labute approximate surface area is 110 Å². The van der Waals surface area contributed by atoms with E-state index in [1.54, 1.807) is 4.90 Å². The van der Waals surface area contributed by atoms with Crippen molar-refractivity contribution in [2.75, 3.05) is 18.4 Å². The number of carboxylic acid groups (broad SMARTS) is 1. The molecule has 2 rings (SSSR count). The van der Waals surface area contributed by atoms with Crippen LogP contribution in [0.15, 0.2) is 24.3 Å². The number of anilines is 1. The van der Waals surface area contributed by atoms with E-state index in [0.717, 1.165) is 6.42 Å². The summed E-state index contributed by atoms with van der Waals surface area (Å²) in [6.07, 6.45) is 1.35. The van der Waals surface area contributed by atoms with Gasteiger partial charge in [-0.15, -0.1) is 0 Å². The molecule has 2 N–H and O–H groups in total. The third-order valence-corrected chi connectivity index (χ3v) is 3.12. The molecule has 1 unspecified atom stereocenters. The van der Waals surface area contributed by atoms with Gasteiger partial charge in [0.15, 0.2) is 0 Å². The van der Waals surface area contributed by atoms with Crippen LogP contribution in [0.4, 0.5) is 10.1 Å². The summed E-state index contributed by atoms with van der Waals surface area (Å²) < 4.78 is 12.7. The van der Waals surface area contributed by atoms with Gasteiger partial charge in [-0.2, -0.15) is 0 Å². The highest BCUT2D eigenvalue weighted by atomic mass is 19.1. The summed E-state index contributed by atoms with van der Waals surface area (Å²) in [5, 5.41) is 11.6. The van der Waals surface area contributed by atoms with Crippen molar-refractivity contribution < 1.29 is 19.1 Å². The van der Waals surface area contributed by atoms with Crippen LogP contribution in [0.5, 0.6) is 0 Å². The first kappa shape index (κ1) is 13.5. The quantitative estimate of drug-likeness (QED) is 0.862. The minimum atomic E-state index is -0.896. The third kappa shape index (κ3) is 3.51. The molecular weight excluding hydrogens is 251 g/mol. The zero-order chi connectivity index (χ0) is 13.8. The molecule has 1 amide bonds. The van der Waals surface area contributed by atoms with Gasteiger partial charge in [-0.3, -0.25) is 14.5 Å². The van der Waals surface area contributed by atoms with Crippen LogP contribution in [0, 0.1) is 5.82 Å². The van der Waals surface area contributed by atoms with E-state index in [2.05, 4.69) is 5.32 Å². The lowest BCUT2D eigenvalue weighted by atomic mass is 10.2. The van der Waals surface area contributed by atoms with Crippen molar-refractivity contribution in [1.29, 1.82) is 0 Å². The molecule has 0 spiro atoms. The minimum absolute atomic E-state index is 0.0361. The smallest absolute Gasteiger partial charge is 0.320 e. The summed E-state index contributed by atoms with van der Waals surface area (Å²) in [5.74, 6) is -1.56. The minimum Gasteiger partial charge on any atom is -0.480 e. The fourth-order valence-corrected chi connectivity index (χ4v) is 2.21. The molecule has 1 aromatic rings. The fraction of sp³-hybridized carbons (Fsp3) is 0.385. The van der Waals surface area contributed by atoms with Gasteiger partial charge in [0, 0.05) is 5.69 Å². The first-order valence-corrected chi connectivity index (χ1v) is 6.08. The Balaban J connectivity index is 1.90. The summed E-state index contributed by atoms with van der Waals surface area (Å²) in [7, 11) is 0. The molecule has 6 heteroatoms. The van der Waals surface area contributed by atoms with Crippen molar-refractivity contribution in [3.05, 3.63) is 30.1 Å². The van der Waals surface area contributed by atoms with Crippen LogP contribution >= 0.6 is 0 Å². The summed E-state index contributed by atoms with van der Waals surface area (Å²) in [6.45, 7) is 0.641. The molecular formula is C13H15FN2O3. The highest BCUT2D eigenvalue weighted by Crippen LogP contribution is 2.17. The predicted molar refractivity (Wildman–Crippen MR) is 67.3 cm³/mol. The number of carbonyl (C=O) groups excluding carboxylic acids is 1. The lowest BCUT2D eigenvalue weighted by Crippen LogP contribution is -2.40. The monoisotopic (exact) mass is 266 g/mol. The number of carbonyl (C=O) groups is 2. The number of amides is 1. The Morgan fingerprint density at radius 3 is 2.68 bits per heavy atom. The SMILES string of the molecule is O=C(CN1CCCC1C(=O)O)Nc1ccc(F)cc1. The molecule has 0 aliphatic carbocycles. The Hall–Kier alpha value is -1.95. The number of halogens is 1. The van der Waals surface area contributed by atoms with Gasteiger partial charge in [-0.05, 0) is 43.7 Å². The molecule has 1 aliphatic rings. The van der Waals surface area contributed by atoms with Gasteiger partial charge in [0.1, 0.15) is 11.9 Å². The number of likely N-dealkylation sites (tertiary alicyclic amines) is 1. The average Bonchev–Trinajstić information content (AvgIpc) is 2.80. The topological polar surface area (TPSA) is 69.6 Å². The van der Waals surface area contributed by atoms with Crippen LogP contribution in [0.2, 0.25) is 0 Å². The number of nitrogens with zero attached hydrogens (tertiary/aromatic N) is 1. The number of hydrogen-bond acceptors (Lipinski definition) is 3. The highest BCUT2D eigenvalue weighted by Gasteiger charge is 2.31. The van der Waals surface area contributed by atoms with Crippen LogP contribution in [-0.4, -0.2) is 41.0 Å². The van der Waals surface area contributed by atoms with Crippen molar-refractivity contribution in [1.82, 2.24) is 4.90 Å². The zero-order valence-corrected chi connectivity index (χ0v) is 10.3. The molecule has 0 aromatic heterocycles. The van der Waals surface area contributed by atoms with E-state index in [-0.39, 0.29) is 18.3 Å². The third-order valence-electron chi connectivity index (χ3n) is 3.12. The second kappa shape index (κ2) is 5.79. The standard InChI is InChI=1S/C13H15FN2O3/c14-9-3-5-10(6-4-9)15-12(17)8-16-7-1-2-11(16)13(18)19/h3-6,11H,1-2,7-8H2,(H,15,17)(H,18,19). The first-order chi connectivity index (χ1) is 9.06. The first-order valence-electron chi connectivity index (χ1n) is 6.08. The lowest BCUT2D eigenvalue weighted by Gasteiger charge is -2.20. The van der Waals surface area contributed by atoms with Crippen molar-refractivity contribution in [3.8, 4) is 0 Å². The summed E-state index contributed by atoms with van der Waals surface area (Å²) in [6, 6.07) is 4.86. The lowest BCUT2D eigenvalue weighted by molar-refractivity contribution is -0.142. The maximum atomic E-state index is 12.7.